The van der Waals surface area contributed by atoms with Gasteiger partial charge in [-0.15, -0.1) is 0 Å². The van der Waals surface area contributed by atoms with Gasteiger partial charge in [-0.3, -0.25) is 0 Å². The fraction of sp³-hybridized carbons (Fsp3) is 1.00. The topological polar surface area (TPSA) is 12.0 Å². The highest BCUT2D eigenvalue weighted by Gasteiger charge is 2.53. The van der Waals surface area contributed by atoms with Crippen LogP contribution in [0.15, 0.2) is 0 Å². The van der Waals surface area contributed by atoms with Crippen LogP contribution in [-0.2, 0) is 0 Å². The Morgan fingerprint density at radius 1 is 1.25 bits per heavy atom. The average Bonchev–Trinajstić information content (AvgIpc) is 2.68. The van der Waals surface area contributed by atoms with Crippen LogP contribution in [-0.4, -0.2) is 13.1 Å². The first-order chi connectivity index (χ1) is 5.55. The van der Waals surface area contributed by atoms with Crippen LogP contribution in [0.4, 0.5) is 0 Å². The van der Waals surface area contributed by atoms with Gasteiger partial charge in [-0.1, -0.05) is 20.8 Å². The molecule has 1 unspecified atom stereocenters. The largest absolute Gasteiger partial charge is 0.316 e. The van der Waals surface area contributed by atoms with Crippen molar-refractivity contribution < 1.29 is 0 Å². The van der Waals surface area contributed by atoms with E-state index in [0.29, 0.717) is 5.41 Å². The maximum absolute atomic E-state index is 3.54. The third-order valence-electron chi connectivity index (χ3n) is 3.76. The summed E-state index contributed by atoms with van der Waals surface area (Å²) >= 11 is 0. The molecule has 12 heavy (non-hydrogen) atoms. The molecule has 1 atom stereocenters. The predicted molar refractivity (Wildman–Crippen MR) is 52.1 cm³/mol. The van der Waals surface area contributed by atoms with E-state index >= 15 is 0 Å². The lowest BCUT2D eigenvalue weighted by Crippen LogP contribution is -2.43. The van der Waals surface area contributed by atoms with Gasteiger partial charge in [0.25, 0.3) is 0 Å². The minimum absolute atomic E-state index is 0.526. The summed E-state index contributed by atoms with van der Waals surface area (Å²) in [6.45, 7) is 9.74. The summed E-state index contributed by atoms with van der Waals surface area (Å²) in [4.78, 5) is 0. The van der Waals surface area contributed by atoms with Gasteiger partial charge in [-0.2, -0.15) is 0 Å². The van der Waals surface area contributed by atoms with Crippen molar-refractivity contribution >= 4 is 0 Å². The first-order valence-electron chi connectivity index (χ1n) is 5.25. The van der Waals surface area contributed by atoms with Crippen LogP contribution in [0.5, 0.6) is 0 Å². The van der Waals surface area contributed by atoms with Gasteiger partial charge in [0.15, 0.2) is 0 Å². The van der Waals surface area contributed by atoms with Gasteiger partial charge in [-0.25, -0.2) is 0 Å². The molecule has 2 fully saturated rings. The maximum atomic E-state index is 3.54. The van der Waals surface area contributed by atoms with Gasteiger partial charge in [-0.05, 0) is 42.6 Å². The molecule has 0 radical (unpaired) electrons. The van der Waals surface area contributed by atoms with Crippen molar-refractivity contribution in [1.82, 2.24) is 5.32 Å². The van der Waals surface area contributed by atoms with Crippen LogP contribution in [0.3, 0.4) is 0 Å². The average molecular weight is 167 g/mol. The summed E-state index contributed by atoms with van der Waals surface area (Å²) in [5.74, 6) is 0.964. The Kier molecular flexibility index (Phi) is 1.76. The second-order valence-corrected chi connectivity index (χ2v) is 5.75. The van der Waals surface area contributed by atoms with E-state index in [1.807, 2.05) is 0 Å². The molecule has 1 heterocycles. The number of rotatable bonds is 0. The smallest absolute Gasteiger partial charge is 0.00107 e. The summed E-state index contributed by atoms with van der Waals surface area (Å²) in [6.07, 6.45) is 4.34. The summed E-state index contributed by atoms with van der Waals surface area (Å²) in [7, 11) is 0. The molecule has 0 aromatic rings. The zero-order valence-electron chi connectivity index (χ0n) is 8.61. The molecule has 1 saturated heterocycles. The highest BCUT2D eigenvalue weighted by Crippen LogP contribution is 2.59. The van der Waals surface area contributed by atoms with Gasteiger partial charge >= 0.3 is 0 Å². The summed E-state index contributed by atoms with van der Waals surface area (Å²) in [5.41, 5.74) is 1.25. The normalized spacial score (nSPS) is 33.8. The lowest BCUT2D eigenvalue weighted by molar-refractivity contribution is 0.102. The lowest BCUT2D eigenvalue weighted by Gasteiger charge is -2.41. The summed E-state index contributed by atoms with van der Waals surface area (Å²) < 4.78 is 0. The molecule has 0 aromatic heterocycles. The van der Waals surface area contributed by atoms with E-state index in [1.165, 1.54) is 32.4 Å². The van der Waals surface area contributed by atoms with Crippen molar-refractivity contribution in [3.8, 4) is 0 Å². The quantitative estimate of drug-likeness (QED) is 0.584. The van der Waals surface area contributed by atoms with Crippen LogP contribution >= 0.6 is 0 Å². The summed E-state index contributed by atoms with van der Waals surface area (Å²) in [6, 6.07) is 0. The molecule has 1 aliphatic carbocycles. The first kappa shape index (κ1) is 8.55. The Hall–Kier alpha value is -0.0400. The molecule has 0 aromatic carbocycles. The second kappa shape index (κ2) is 2.47. The van der Waals surface area contributed by atoms with E-state index in [4.69, 9.17) is 0 Å². The van der Waals surface area contributed by atoms with Gasteiger partial charge < -0.3 is 5.32 Å². The predicted octanol–water partition coefficient (Wildman–Crippen LogP) is 2.42. The van der Waals surface area contributed by atoms with E-state index in [2.05, 4.69) is 26.1 Å². The highest BCUT2D eigenvalue weighted by molar-refractivity contribution is 5.05. The van der Waals surface area contributed by atoms with Gasteiger partial charge in [0.2, 0.25) is 0 Å². The van der Waals surface area contributed by atoms with Gasteiger partial charge in [0.1, 0.15) is 0 Å². The minimum Gasteiger partial charge on any atom is -0.316 e. The van der Waals surface area contributed by atoms with Crippen LogP contribution in [0.2, 0.25) is 0 Å². The molecule has 1 heteroatoms. The zero-order chi connectivity index (χ0) is 8.82. The Labute approximate surface area is 75.9 Å². The van der Waals surface area contributed by atoms with Crippen LogP contribution in [0.1, 0.15) is 40.0 Å². The Balaban J connectivity index is 2.12. The molecule has 2 rings (SSSR count). The Morgan fingerprint density at radius 3 is 2.33 bits per heavy atom. The maximum Gasteiger partial charge on any atom is 0.00107 e. The Morgan fingerprint density at radius 2 is 1.92 bits per heavy atom. The van der Waals surface area contributed by atoms with Gasteiger partial charge in [0.05, 0.1) is 0 Å². The molecule has 0 amide bonds. The van der Waals surface area contributed by atoms with Crippen molar-refractivity contribution in [2.75, 3.05) is 13.1 Å². The van der Waals surface area contributed by atoms with Crippen molar-refractivity contribution in [2.45, 2.75) is 40.0 Å². The third-order valence-corrected chi connectivity index (χ3v) is 3.76. The molecule has 1 aliphatic heterocycles. The number of piperidine rings is 1. The molecule has 1 spiro atoms. The van der Waals surface area contributed by atoms with Crippen molar-refractivity contribution in [3.05, 3.63) is 0 Å². The van der Waals surface area contributed by atoms with Gasteiger partial charge in [0, 0.05) is 6.54 Å². The van der Waals surface area contributed by atoms with Crippen molar-refractivity contribution in [3.63, 3.8) is 0 Å². The third kappa shape index (κ3) is 1.28. The molecular weight excluding hydrogens is 146 g/mol. The number of nitrogens with one attached hydrogen (secondary N) is 1. The van der Waals surface area contributed by atoms with E-state index < -0.39 is 0 Å². The van der Waals surface area contributed by atoms with E-state index in [1.54, 1.807) is 0 Å². The minimum atomic E-state index is 0.526. The number of hydrogen-bond donors (Lipinski definition) is 1. The fourth-order valence-corrected chi connectivity index (χ4v) is 3.05. The lowest BCUT2D eigenvalue weighted by atomic mass is 9.68. The standard InChI is InChI=1S/C11H21N/c1-10(2,3)9-4-7-12-8-11(9)5-6-11/h9,12H,4-8H2,1-3H3. The van der Waals surface area contributed by atoms with Crippen LogP contribution < -0.4 is 5.32 Å². The molecule has 2 aliphatic rings. The second-order valence-electron chi connectivity index (χ2n) is 5.75. The molecule has 0 bridgehead atoms. The monoisotopic (exact) mass is 167 g/mol. The first-order valence-corrected chi connectivity index (χ1v) is 5.25. The summed E-state index contributed by atoms with van der Waals surface area (Å²) in [5, 5.41) is 3.54. The highest BCUT2D eigenvalue weighted by atomic mass is 14.9. The SMILES string of the molecule is CC(C)(C)C1CCNCC12CC2. The van der Waals surface area contributed by atoms with E-state index in [-0.39, 0.29) is 0 Å². The van der Waals surface area contributed by atoms with E-state index in [9.17, 15) is 0 Å². The van der Waals surface area contributed by atoms with Crippen molar-refractivity contribution in [2.24, 2.45) is 16.7 Å². The number of hydrogen-bond acceptors (Lipinski definition) is 1. The van der Waals surface area contributed by atoms with Crippen molar-refractivity contribution in [1.29, 1.82) is 0 Å². The molecular formula is C11H21N. The van der Waals surface area contributed by atoms with Crippen LogP contribution in [0.25, 0.3) is 0 Å². The fourth-order valence-electron chi connectivity index (χ4n) is 3.05. The molecule has 1 N–H and O–H groups in total. The molecule has 1 saturated carbocycles. The van der Waals surface area contributed by atoms with E-state index in [0.717, 1.165) is 11.3 Å². The Bertz CT molecular complexity index is 174. The molecule has 1 nitrogen and oxygen atoms in total. The van der Waals surface area contributed by atoms with Crippen LogP contribution in [0, 0.1) is 16.7 Å². The molecule has 70 valence electrons. The zero-order valence-corrected chi connectivity index (χ0v) is 8.61.